The molecule has 0 aliphatic heterocycles. The predicted molar refractivity (Wildman–Crippen MR) is 79.0 cm³/mol. The van der Waals surface area contributed by atoms with E-state index in [1.54, 1.807) is 0 Å². The molecule has 0 atom stereocenters. The zero-order valence-corrected chi connectivity index (χ0v) is 14.3. The molecule has 0 aliphatic rings. The fourth-order valence-corrected chi connectivity index (χ4v) is 1.54. The van der Waals surface area contributed by atoms with E-state index in [1.807, 2.05) is 60.7 Å². The second-order valence-corrected chi connectivity index (χ2v) is 4.38. The van der Waals surface area contributed by atoms with E-state index in [1.165, 1.54) is 5.56 Å². The number of benzene rings is 2. The molecule has 0 bridgehead atoms. The Balaban J connectivity index is 0. The van der Waals surface area contributed by atoms with E-state index in [0.717, 1.165) is 16.0 Å². The quantitative estimate of drug-likeness (QED) is 0.679. The summed E-state index contributed by atoms with van der Waals surface area (Å²) in [5, 5.41) is 8.52. The van der Waals surface area contributed by atoms with Gasteiger partial charge in [0.05, 0.1) is 5.69 Å². The van der Waals surface area contributed by atoms with E-state index < -0.39 is 0 Å². The van der Waals surface area contributed by atoms with E-state index in [2.05, 4.69) is 0 Å². The Morgan fingerprint density at radius 3 is 1.74 bits per heavy atom. The molecule has 0 saturated heterocycles. The van der Waals surface area contributed by atoms with Crippen LogP contribution in [0.1, 0.15) is 6.99 Å². The second-order valence-electron chi connectivity index (χ2n) is 3.53. The number of anilines is 1. The smallest absolute Gasteiger partial charge is 1.00 e. The van der Waals surface area contributed by atoms with Gasteiger partial charge in [-0.15, -0.1) is 0 Å². The van der Waals surface area contributed by atoms with Gasteiger partial charge in [-0.3, -0.25) is 0 Å². The van der Waals surface area contributed by atoms with E-state index in [4.69, 9.17) is 28.7 Å². The van der Waals surface area contributed by atoms with Crippen LogP contribution in [0.4, 0.5) is 5.69 Å². The van der Waals surface area contributed by atoms with Crippen LogP contribution in [0.2, 0.25) is 0 Å². The molecule has 5 heteroatoms. The maximum Gasteiger partial charge on any atom is 1.00 e. The molecule has 0 heterocycles. The first-order valence-corrected chi connectivity index (χ1v) is 6.23. The Morgan fingerprint density at radius 2 is 1.37 bits per heavy atom. The van der Waals surface area contributed by atoms with E-state index in [0.29, 0.717) is 0 Å². The topological polar surface area (TPSA) is 23.5 Å². The number of hydrogen-bond acceptors (Lipinski definition) is 2. The van der Waals surface area contributed by atoms with Gasteiger partial charge in [0.15, 0.2) is 0 Å². The van der Waals surface area contributed by atoms with Gasteiger partial charge in [-0.1, -0.05) is 48.5 Å². The van der Waals surface area contributed by atoms with E-state index >= 15 is 0 Å². The molecule has 1 N–H and O–H groups in total. The molecule has 0 unspecified atom stereocenters. The Bertz CT molecular complexity index is 432. The summed E-state index contributed by atoms with van der Waals surface area (Å²) < 4.78 is 1.03. The summed E-state index contributed by atoms with van der Waals surface area (Å²) in [7, 11) is 0. The Kier molecular flexibility index (Phi) is 11.5. The van der Waals surface area contributed by atoms with Crippen molar-refractivity contribution in [3.63, 3.8) is 0 Å². The summed E-state index contributed by atoms with van der Waals surface area (Å²) in [5.74, 6) is 0. The Morgan fingerprint density at radius 1 is 0.895 bits per heavy atom. The largest absolute Gasteiger partial charge is 1.00 e. The van der Waals surface area contributed by atoms with Crippen molar-refractivity contribution >= 4 is 29.2 Å². The third-order valence-corrected chi connectivity index (χ3v) is 2.59. The Labute approximate surface area is 148 Å². The summed E-state index contributed by atoms with van der Waals surface area (Å²) in [6, 6.07) is 19.2. The van der Waals surface area contributed by atoms with Crippen LogP contribution in [0.25, 0.3) is 0 Å². The molecular formula is C14H16Cl2NNaO. The summed E-state index contributed by atoms with van der Waals surface area (Å²) >= 11 is 10.8. The first-order valence-electron chi connectivity index (χ1n) is 5.55. The Hall–Kier alpha value is -0.220. The number of nitrogens with zero attached hydrogens (tertiary/aromatic N) is 1. The zero-order valence-electron chi connectivity index (χ0n) is 11.8. The van der Waals surface area contributed by atoms with E-state index in [-0.39, 0.29) is 37.6 Å². The van der Waals surface area contributed by atoms with Gasteiger partial charge >= 0.3 is 29.6 Å². The standard InChI is InChI=1S/C8H10O.C6H5Cl2N.Na.H/c9-7-6-8-4-2-1-3-5-8;7-9(8)6-4-2-1-3-5-6;;/h1-5,9H,6-7H2;1-5H;;/q;;+1;-1. The molecule has 2 aromatic carbocycles. The molecule has 2 nitrogen and oxygen atoms in total. The molecule has 0 amide bonds. The number of halogens is 2. The summed E-state index contributed by atoms with van der Waals surface area (Å²) in [6.45, 7) is 0.240. The average molecular weight is 308 g/mol. The molecule has 0 fully saturated rings. The molecule has 2 aromatic rings. The van der Waals surface area contributed by atoms with Crippen LogP contribution in [-0.4, -0.2) is 11.7 Å². The molecule has 98 valence electrons. The van der Waals surface area contributed by atoms with Crippen LogP contribution in [-0.2, 0) is 6.42 Å². The molecule has 0 aliphatic carbocycles. The summed E-state index contributed by atoms with van der Waals surface area (Å²) in [5.41, 5.74) is 1.97. The molecule has 0 radical (unpaired) electrons. The van der Waals surface area contributed by atoms with Crippen LogP contribution < -0.4 is 33.5 Å². The predicted octanol–water partition coefficient (Wildman–Crippen LogP) is 1.14. The van der Waals surface area contributed by atoms with Crippen LogP contribution in [0.5, 0.6) is 0 Å². The fraction of sp³-hybridized carbons (Fsp3) is 0.143. The first-order chi connectivity index (χ1) is 8.74. The van der Waals surface area contributed by atoms with Crippen LogP contribution >= 0.6 is 23.6 Å². The second kappa shape index (κ2) is 11.6. The SMILES string of the molecule is ClN(Cl)c1ccccc1.OCCc1ccccc1.[H-].[Na+]. The van der Waals surface area contributed by atoms with Crippen molar-refractivity contribution in [3.8, 4) is 0 Å². The fourth-order valence-electron chi connectivity index (χ4n) is 1.31. The van der Waals surface area contributed by atoms with Gasteiger partial charge in [-0.25, -0.2) is 0 Å². The van der Waals surface area contributed by atoms with Gasteiger partial charge in [0, 0.05) is 30.2 Å². The number of para-hydroxylation sites is 1. The van der Waals surface area contributed by atoms with E-state index in [9.17, 15) is 0 Å². The molecule has 0 spiro atoms. The van der Waals surface area contributed by atoms with Gasteiger partial charge in [0.2, 0.25) is 0 Å². The number of aliphatic hydroxyl groups excluding tert-OH is 1. The minimum absolute atomic E-state index is 0. The minimum Gasteiger partial charge on any atom is -1.00 e. The summed E-state index contributed by atoms with van der Waals surface area (Å²) in [6.07, 6.45) is 0.765. The van der Waals surface area contributed by atoms with Crippen molar-refractivity contribution in [2.45, 2.75) is 6.42 Å². The molecule has 0 aromatic heterocycles. The third-order valence-electron chi connectivity index (χ3n) is 2.19. The minimum atomic E-state index is 0. The molecular weight excluding hydrogens is 292 g/mol. The number of aliphatic hydroxyl groups is 1. The number of rotatable bonds is 3. The van der Waals surface area contributed by atoms with Crippen molar-refractivity contribution < 1.29 is 36.1 Å². The molecule has 0 saturated carbocycles. The maximum absolute atomic E-state index is 8.52. The molecule has 19 heavy (non-hydrogen) atoms. The van der Waals surface area contributed by atoms with Gasteiger partial charge < -0.3 is 6.53 Å². The van der Waals surface area contributed by atoms with Crippen LogP contribution in [0.3, 0.4) is 0 Å². The van der Waals surface area contributed by atoms with Gasteiger partial charge in [0.1, 0.15) is 0 Å². The van der Waals surface area contributed by atoms with Crippen molar-refractivity contribution in [2.75, 3.05) is 10.5 Å². The van der Waals surface area contributed by atoms with Gasteiger partial charge in [-0.2, -0.15) is 3.94 Å². The van der Waals surface area contributed by atoms with Crippen LogP contribution in [0.15, 0.2) is 60.7 Å². The normalized spacial score (nSPS) is 8.79. The van der Waals surface area contributed by atoms with Gasteiger partial charge in [0.25, 0.3) is 0 Å². The zero-order chi connectivity index (χ0) is 13.2. The first kappa shape index (κ1) is 18.8. The summed E-state index contributed by atoms with van der Waals surface area (Å²) in [4.78, 5) is 0. The monoisotopic (exact) mass is 307 g/mol. The molecule has 2 rings (SSSR count). The average Bonchev–Trinajstić information content (AvgIpc) is 2.42. The van der Waals surface area contributed by atoms with Crippen molar-refractivity contribution in [1.29, 1.82) is 0 Å². The van der Waals surface area contributed by atoms with Crippen molar-refractivity contribution in [3.05, 3.63) is 66.2 Å². The number of hydrogen-bond donors (Lipinski definition) is 1. The maximum atomic E-state index is 8.52. The van der Waals surface area contributed by atoms with Crippen molar-refractivity contribution in [1.82, 2.24) is 0 Å². The van der Waals surface area contributed by atoms with Gasteiger partial charge in [-0.05, 0) is 24.1 Å². The van der Waals surface area contributed by atoms with Crippen LogP contribution in [0, 0.1) is 0 Å². The third kappa shape index (κ3) is 8.53. The van der Waals surface area contributed by atoms with Crippen molar-refractivity contribution in [2.24, 2.45) is 0 Å².